The second-order valence-corrected chi connectivity index (χ2v) is 4.96. The predicted molar refractivity (Wildman–Crippen MR) is 75.6 cm³/mol. The van der Waals surface area contributed by atoms with E-state index in [1.807, 2.05) is 0 Å². The summed E-state index contributed by atoms with van der Waals surface area (Å²) in [7, 11) is 0. The van der Waals surface area contributed by atoms with Gasteiger partial charge >= 0.3 is 6.18 Å². The molecule has 2 aromatic rings. The fraction of sp³-hybridized carbons (Fsp3) is 0.200. The van der Waals surface area contributed by atoms with Gasteiger partial charge in [0.2, 0.25) is 0 Å². The molecular weight excluding hydrogens is 303 g/mol. The fourth-order valence-electron chi connectivity index (χ4n) is 1.87. The van der Waals surface area contributed by atoms with Crippen LogP contribution >= 0.6 is 11.6 Å². The largest absolute Gasteiger partial charge is 0.457 e. The van der Waals surface area contributed by atoms with Gasteiger partial charge in [0.25, 0.3) is 0 Å². The highest BCUT2D eigenvalue weighted by Crippen LogP contribution is 2.34. The van der Waals surface area contributed by atoms with Gasteiger partial charge in [0.05, 0.1) is 6.42 Å². The number of benzene rings is 2. The van der Waals surface area contributed by atoms with Gasteiger partial charge in [-0.3, -0.25) is 0 Å². The molecule has 0 bridgehead atoms. The normalized spacial score (nSPS) is 13.0. The predicted octanol–water partition coefficient (Wildman–Crippen LogP) is 5.08. The first kappa shape index (κ1) is 15.7. The van der Waals surface area contributed by atoms with Gasteiger partial charge in [-0.2, -0.15) is 13.2 Å². The summed E-state index contributed by atoms with van der Waals surface area (Å²) in [5.74, 6) is 0.780. The lowest BCUT2D eigenvalue weighted by molar-refractivity contribution is -0.138. The summed E-state index contributed by atoms with van der Waals surface area (Å²) in [6.07, 6.45) is -5.43. The van der Waals surface area contributed by atoms with E-state index < -0.39 is 18.6 Å². The van der Waals surface area contributed by atoms with E-state index >= 15 is 0 Å². The van der Waals surface area contributed by atoms with Gasteiger partial charge in [-0.05, 0) is 30.3 Å². The number of nitrogens with two attached hydrogens (primary N) is 1. The third-order valence-electron chi connectivity index (χ3n) is 2.81. The van der Waals surface area contributed by atoms with E-state index in [9.17, 15) is 13.2 Å². The van der Waals surface area contributed by atoms with E-state index in [1.54, 1.807) is 42.5 Å². The number of rotatable bonds is 4. The third kappa shape index (κ3) is 4.65. The first-order valence-corrected chi connectivity index (χ1v) is 6.57. The number of hydrogen-bond acceptors (Lipinski definition) is 2. The summed E-state index contributed by atoms with van der Waals surface area (Å²) in [6, 6.07) is 11.8. The van der Waals surface area contributed by atoms with Crippen LogP contribution in [0.25, 0.3) is 0 Å². The fourth-order valence-corrected chi connectivity index (χ4v) is 1.99. The maximum Gasteiger partial charge on any atom is 0.390 e. The van der Waals surface area contributed by atoms with Crippen molar-refractivity contribution in [2.24, 2.45) is 5.73 Å². The van der Waals surface area contributed by atoms with Crippen molar-refractivity contribution in [3.8, 4) is 11.5 Å². The van der Waals surface area contributed by atoms with Crippen LogP contribution in [0.3, 0.4) is 0 Å². The quantitative estimate of drug-likeness (QED) is 0.853. The van der Waals surface area contributed by atoms with Gasteiger partial charge in [-0.1, -0.05) is 29.8 Å². The van der Waals surface area contributed by atoms with Crippen molar-refractivity contribution < 1.29 is 17.9 Å². The standard InChI is InChI=1S/C15H13ClF3NO/c16-10-5-7-11(8-6-10)21-14-4-2-1-3-12(14)13(20)9-15(17,18)19/h1-8,13H,9,20H2/t13-/m0/s1. The molecule has 6 heteroatoms. The summed E-state index contributed by atoms with van der Waals surface area (Å²) in [6.45, 7) is 0. The Morgan fingerprint density at radius 2 is 1.67 bits per heavy atom. The van der Waals surface area contributed by atoms with Crippen molar-refractivity contribution in [3.63, 3.8) is 0 Å². The van der Waals surface area contributed by atoms with Crippen LogP contribution in [-0.2, 0) is 0 Å². The van der Waals surface area contributed by atoms with Crippen LogP contribution in [0.15, 0.2) is 48.5 Å². The molecule has 2 aromatic carbocycles. The highest BCUT2D eigenvalue weighted by atomic mass is 35.5. The molecule has 112 valence electrons. The average molecular weight is 316 g/mol. The second-order valence-electron chi connectivity index (χ2n) is 4.52. The molecule has 2 rings (SSSR count). The van der Waals surface area contributed by atoms with Gasteiger partial charge in [-0.15, -0.1) is 0 Å². The first-order valence-electron chi connectivity index (χ1n) is 6.20. The maximum atomic E-state index is 12.5. The van der Waals surface area contributed by atoms with Gasteiger partial charge in [-0.25, -0.2) is 0 Å². The van der Waals surface area contributed by atoms with E-state index in [1.165, 1.54) is 6.07 Å². The molecule has 0 spiro atoms. The zero-order chi connectivity index (χ0) is 15.5. The molecule has 0 unspecified atom stereocenters. The van der Waals surface area contributed by atoms with E-state index in [0.29, 0.717) is 22.1 Å². The zero-order valence-corrected chi connectivity index (χ0v) is 11.7. The Labute approximate surface area is 125 Å². The number of hydrogen-bond donors (Lipinski definition) is 1. The number of ether oxygens (including phenoxy) is 1. The Morgan fingerprint density at radius 3 is 2.29 bits per heavy atom. The molecule has 0 aromatic heterocycles. The Kier molecular flexibility index (Phi) is 4.75. The smallest absolute Gasteiger partial charge is 0.390 e. The molecule has 2 nitrogen and oxygen atoms in total. The maximum absolute atomic E-state index is 12.5. The molecule has 0 amide bonds. The van der Waals surface area contributed by atoms with E-state index in [-0.39, 0.29) is 0 Å². The van der Waals surface area contributed by atoms with Crippen LogP contribution in [0.2, 0.25) is 5.02 Å². The van der Waals surface area contributed by atoms with Crippen molar-refractivity contribution >= 4 is 11.6 Å². The molecule has 0 fully saturated rings. The Bertz CT molecular complexity index is 599. The van der Waals surface area contributed by atoms with E-state index in [0.717, 1.165) is 0 Å². The van der Waals surface area contributed by atoms with Crippen molar-refractivity contribution in [1.29, 1.82) is 0 Å². The minimum absolute atomic E-state index is 0.302. The summed E-state index contributed by atoms with van der Waals surface area (Å²) in [5.41, 5.74) is 5.95. The molecule has 21 heavy (non-hydrogen) atoms. The molecule has 0 radical (unpaired) electrons. The van der Waals surface area contributed by atoms with E-state index in [2.05, 4.69) is 0 Å². The van der Waals surface area contributed by atoms with Crippen LogP contribution in [0.4, 0.5) is 13.2 Å². The average Bonchev–Trinajstić information content (AvgIpc) is 2.40. The lowest BCUT2D eigenvalue weighted by Crippen LogP contribution is -2.20. The van der Waals surface area contributed by atoms with Crippen molar-refractivity contribution in [2.45, 2.75) is 18.6 Å². The molecule has 0 saturated heterocycles. The zero-order valence-electron chi connectivity index (χ0n) is 10.9. The van der Waals surface area contributed by atoms with Crippen LogP contribution in [0.1, 0.15) is 18.0 Å². The second kappa shape index (κ2) is 6.37. The molecule has 0 heterocycles. The lowest BCUT2D eigenvalue weighted by Gasteiger charge is -2.18. The van der Waals surface area contributed by atoms with E-state index in [4.69, 9.17) is 22.1 Å². The van der Waals surface area contributed by atoms with Gasteiger partial charge in [0.15, 0.2) is 0 Å². The highest BCUT2D eigenvalue weighted by Gasteiger charge is 2.32. The molecule has 0 aliphatic rings. The molecule has 0 saturated carbocycles. The summed E-state index contributed by atoms with van der Waals surface area (Å²) >= 11 is 5.77. The lowest BCUT2D eigenvalue weighted by atomic mass is 10.0. The molecule has 2 N–H and O–H groups in total. The molecule has 0 aliphatic heterocycles. The SMILES string of the molecule is N[C@@H](CC(F)(F)F)c1ccccc1Oc1ccc(Cl)cc1. The molecule has 0 aliphatic carbocycles. The van der Waals surface area contributed by atoms with Gasteiger partial charge in [0, 0.05) is 16.6 Å². The minimum atomic E-state index is -4.33. The Hall–Kier alpha value is -1.72. The Morgan fingerprint density at radius 1 is 1.05 bits per heavy atom. The number of alkyl halides is 3. The molecular formula is C15H13ClF3NO. The van der Waals surface area contributed by atoms with Crippen molar-refractivity contribution in [2.75, 3.05) is 0 Å². The summed E-state index contributed by atoms with van der Waals surface area (Å²) in [5, 5.41) is 0.546. The van der Waals surface area contributed by atoms with Gasteiger partial charge < -0.3 is 10.5 Å². The summed E-state index contributed by atoms with van der Waals surface area (Å²) < 4.78 is 43.0. The highest BCUT2D eigenvalue weighted by molar-refractivity contribution is 6.30. The first-order chi connectivity index (χ1) is 9.85. The third-order valence-corrected chi connectivity index (χ3v) is 3.06. The van der Waals surface area contributed by atoms with Crippen LogP contribution in [0.5, 0.6) is 11.5 Å². The number of para-hydroxylation sites is 1. The Balaban J connectivity index is 2.22. The van der Waals surface area contributed by atoms with Crippen molar-refractivity contribution in [1.82, 2.24) is 0 Å². The van der Waals surface area contributed by atoms with Gasteiger partial charge in [0.1, 0.15) is 11.5 Å². The minimum Gasteiger partial charge on any atom is -0.457 e. The van der Waals surface area contributed by atoms with Crippen LogP contribution in [-0.4, -0.2) is 6.18 Å². The molecule has 1 atom stereocenters. The number of halogens is 4. The summed E-state index contributed by atoms with van der Waals surface area (Å²) in [4.78, 5) is 0. The topological polar surface area (TPSA) is 35.2 Å². The van der Waals surface area contributed by atoms with Crippen LogP contribution < -0.4 is 10.5 Å². The van der Waals surface area contributed by atoms with Crippen molar-refractivity contribution in [3.05, 3.63) is 59.1 Å². The van der Waals surface area contributed by atoms with Crippen LogP contribution in [0, 0.1) is 0 Å². The monoisotopic (exact) mass is 315 g/mol.